The molecule has 4 aromatic carbocycles. The quantitative estimate of drug-likeness (QED) is 0.216. The molecule has 1 unspecified atom stereocenters. The van der Waals surface area contributed by atoms with Crippen LogP contribution in [0.15, 0.2) is 84.9 Å². The van der Waals surface area contributed by atoms with Crippen molar-refractivity contribution < 1.29 is 24.1 Å². The summed E-state index contributed by atoms with van der Waals surface area (Å²) in [6, 6.07) is 25.9. The molecule has 0 spiro atoms. The predicted octanol–water partition coefficient (Wildman–Crippen LogP) is 6.39. The van der Waals surface area contributed by atoms with Crippen LogP contribution in [0.5, 0.6) is 0 Å². The zero-order chi connectivity index (χ0) is 27.3. The summed E-state index contributed by atoms with van der Waals surface area (Å²) in [4.78, 5) is 11.2. The number of fused-ring (bicyclic) bond motifs is 1. The van der Waals surface area contributed by atoms with E-state index in [1.807, 2.05) is 31.2 Å². The summed E-state index contributed by atoms with van der Waals surface area (Å²) in [6.07, 6.45) is -0.335. The zero-order valence-corrected chi connectivity index (χ0v) is 21.9. The Morgan fingerprint density at radius 3 is 2.39 bits per heavy atom. The number of nitrogens with one attached hydrogen (secondary N) is 1. The molecule has 3 N–H and O–H groups in total. The summed E-state index contributed by atoms with van der Waals surface area (Å²) < 4.78 is 20.7. The summed E-state index contributed by atoms with van der Waals surface area (Å²) in [5, 5.41) is 25.6. The Hall–Kier alpha value is -3.58. The van der Waals surface area contributed by atoms with Gasteiger partial charge in [-0.2, -0.15) is 0 Å². The molecule has 4 aromatic rings. The van der Waals surface area contributed by atoms with Gasteiger partial charge in [0.15, 0.2) is 0 Å². The molecule has 198 valence electrons. The first kappa shape index (κ1) is 27.5. The minimum atomic E-state index is -1.18. The van der Waals surface area contributed by atoms with Crippen LogP contribution in [-0.4, -0.2) is 41.0 Å². The second-order valence-corrected chi connectivity index (χ2v) is 10.3. The Morgan fingerprint density at radius 2 is 1.66 bits per heavy atom. The molecule has 38 heavy (non-hydrogen) atoms. The lowest BCUT2D eigenvalue weighted by atomic mass is 9.93. The second kappa shape index (κ2) is 11.9. The van der Waals surface area contributed by atoms with Crippen LogP contribution >= 0.6 is 0 Å². The molecular weight excluding hydrogens is 481 g/mol. The van der Waals surface area contributed by atoms with E-state index in [1.54, 1.807) is 12.1 Å². The molecule has 0 saturated carbocycles. The Labute approximate surface area is 222 Å². The van der Waals surface area contributed by atoms with Crippen LogP contribution in [0.25, 0.3) is 21.9 Å². The number of β-amino-alcohol motifs (C(OH)–C–C–N with tert-alkyl or cyclic N) is 1. The number of aliphatic hydroxyl groups excluding tert-OH is 1. The van der Waals surface area contributed by atoms with Gasteiger partial charge < -0.3 is 20.3 Å². The minimum Gasteiger partial charge on any atom is -0.478 e. The molecule has 0 radical (unpaired) electrons. The lowest BCUT2D eigenvalue weighted by Crippen LogP contribution is -2.46. The maximum Gasteiger partial charge on any atom is 0.335 e. The average Bonchev–Trinajstić information content (AvgIpc) is 2.90. The molecule has 0 heterocycles. The molecule has 0 saturated heterocycles. The molecule has 4 rings (SSSR count). The van der Waals surface area contributed by atoms with Gasteiger partial charge in [-0.05, 0) is 66.8 Å². The van der Waals surface area contributed by atoms with Crippen molar-refractivity contribution in [2.45, 2.75) is 44.9 Å². The number of ether oxygens (including phenoxy) is 1. The van der Waals surface area contributed by atoms with Gasteiger partial charge in [0.2, 0.25) is 0 Å². The van der Waals surface area contributed by atoms with E-state index >= 15 is 0 Å². The maximum absolute atomic E-state index is 14.7. The largest absolute Gasteiger partial charge is 0.478 e. The molecule has 0 aromatic heterocycles. The second-order valence-electron chi connectivity index (χ2n) is 10.3. The lowest BCUT2D eigenvalue weighted by molar-refractivity contribution is -0.00397. The van der Waals surface area contributed by atoms with Crippen LogP contribution in [0.2, 0.25) is 0 Å². The van der Waals surface area contributed by atoms with E-state index in [0.29, 0.717) is 17.7 Å². The molecule has 2 atom stereocenters. The monoisotopic (exact) mass is 515 g/mol. The van der Waals surface area contributed by atoms with E-state index in [0.717, 1.165) is 18.1 Å². The molecule has 0 bridgehead atoms. The van der Waals surface area contributed by atoms with Crippen LogP contribution in [0, 0.1) is 5.82 Å². The molecule has 0 amide bonds. The topological polar surface area (TPSA) is 78.8 Å². The van der Waals surface area contributed by atoms with Gasteiger partial charge in [-0.3, -0.25) is 0 Å². The Kier molecular flexibility index (Phi) is 8.57. The summed E-state index contributed by atoms with van der Waals surface area (Å²) in [7, 11) is 0. The van der Waals surface area contributed by atoms with Crippen LogP contribution in [0.3, 0.4) is 0 Å². The van der Waals surface area contributed by atoms with E-state index in [1.165, 1.54) is 28.5 Å². The van der Waals surface area contributed by atoms with E-state index in [4.69, 9.17) is 9.84 Å². The minimum absolute atomic E-state index is 0.104. The normalized spacial score (nSPS) is 13.4. The smallest absolute Gasteiger partial charge is 0.335 e. The van der Waals surface area contributed by atoms with Crippen molar-refractivity contribution in [2.24, 2.45) is 0 Å². The number of carbonyl (C=O) groups is 1. The van der Waals surface area contributed by atoms with E-state index < -0.39 is 24.0 Å². The molecule has 0 aliphatic heterocycles. The van der Waals surface area contributed by atoms with Gasteiger partial charge in [0.05, 0.1) is 24.4 Å². The number of aromatic carboxylic acids is 1. The number of halogens is 1. The molecule has 5 nitrogen and oxygen atoms in total. The molecule has 0 fully saturated rings. The summed E-state index contributed by atoms with van der Waals surface area (Å²) in [5.41, 5.74) is 2.57. The fourth-order valence-corrected chi connectivity index (χ4v) is 4.68. The van der Waals surface area contributed by atoms with Gasteiger partial charge in [0.1, 0.15) is 5.82 Å². The average molecular weight is 516 g/mol. The molecule has 6 heteroatoms. The SMILES string of the molecule is CC(OC[C@@H](O)CNC(C)(C)Cc1ccc2ccccc2c1)c1ccccc1-c1ccc(C(=O)O)cc1F. The highest BCUT2D eigenvalue weighted by molar-refractivity contribution is 5.88. The molecular formula is C32H34FNO4. The van der Waals surface area contributed by atoms with Crippen molar-refractivity contribution in [1.29, 1.82) is 0 Å². The number of hydrogen-bond acceptors (Lipinski definition) is 4. The van der Waals surface area contributed by atoms with Gasteiger partial charge in [-0.1, -0.05) is 72.8 Å². The van der Waals surface area contributed by atoms with E-state index in [-0.39, 0.29) is 17.7 Å². The fraction of sp³-hybridized carbons (Fsp3) is 0.281. The van der Waals surface area contributed by atoms with Gasteiger partial charge in [-0.25, -0.2) is 9.18 Å². The first-order valence-corrected chi connectivity index (χ1v) is 12.8. The zero-order valence-electron chi connectivity index (χ0n) is 21.9. The third-order valence-electron chi connectivity index (χ3n) is 6.72. The molecule has 0 aliphatic carbocycles. The number of carboxylic acids is 1. The van der Waals surface area contributed by atoms with Gasteiger partial charge in [0.25, 0.3) is 0 Å². The fourth-order valence-electron chi connectivity index (χ4n) is 4.68. The van der Waals surface area contributed by atoms with Crippen molar-refractivity contribution in [3.63, 3.8) is 0 Å². The van der Waals surface area contributed by atoms with Crippen molar-refractivity contribution in [3.05, 3.63) is 107 Å². The Morgan fingerprint density at radius 1 is 0.947 bits per heavy atom. The third kappa shape index (κ3) is 6.84. The summed E-state index contributed by atoms with van der Waals surface area (Å²) in [5.74, 6) is -1.79. The van der Waals surface area contributed by atoms with Crippen LogP contribution in [-0.2, 0) is 11.2 Å². The van der Waals surface area contributed by atoms with Crippen molar-refractivity contribution >= 4 is 16.7 Å². The predicted molar refractivity (Wildman–Crippen MR) is 149 cm³/mol. The van der Waals surface area contributed by atoms with Crippen molar-refractivity contribution in [1.82, 2.24) is 5.32 Å². The molecule has 0 aliphatic rings. The third-order valence-corrected chi connectivity index (χ3v) is 6.72. The highest BCUT2D eigenvalue weighted by atomic mass is 19.1. The van der Waals surface area contributed by atoms with Crippen molar-refractivity contribution in [2.75, 3.05) is 13.2 Å². The highest BCUT2D eigenvalue weighted by Gasteiger charge is 2.21. The van der Waals surface area contributed by atoms with Crippen LogP contribution < -0.4 is 5.32 Å². The standard InChI is InChI=1S/C32H34FNO4/c1-21(27-10-6-7-11-28(27)29-15-14-25(31(36)37)17-30(29)33)38-20-26(35)19-34-32(2,3)18-22-12-13-23-8-4-5-9-24(23)16-22/h4-17,21,26,34-35H,18-20H2,1-3H3,(H,36,37)/t21?,26-/m0/s1. The lowest BCUT2D eigenvalue weighted by Gasteiger charge is -2.28. The number of hydrogen-bond donors (Lipinski definition) is 3. The first-order valence-electron chi connectivity index (χ1n) is 12.8. The van der Waals surface area contributed by atoms with E-state index in [2.05, 4.69) is 49.5 Å². The van der Waals surface area contributed by atoms with Gasteiger partial charge in [-0.15, -0.1) is 0 Å². The first-order chi connectivity index (χ1) is 18.1. The summed E-state index contributed by atoms with van der Waals surface area (Å²) in [6.45, 7) is 6.54. The Balaban J connectivity index is 1.34. The number of aliphatic hydroxyl groups is 1. The van der Waals surface area contributed by atoms with Crippen LogP contribution in [0.4, 0.5) is 4.39 Å². The Bertz CT molecular complexity index is 1420. The number of rotatable bonds is 11. The van der Waals surface area contributed by atoms with Crippen LogP contribution in [0.1, 0.15) is 48.4 Å². The van der Waals surface area contributed by atoms with Gasteiger partial charge >= 0.3 is 5.97 Å². The number of carboxylic acid groups (broad SMARTS) is 1. The maximum atomic E-state index is 14.7. The van der Waals surface area contributed by atoms with Crippen molar-refractivity contribution in [3.8, 4) is 11.1 Å². The van der Waals surface area contributed by atoms with Gasteiger partial charge in [0, 0.05) is 17.6 Å². The number of benzene rings is 4. The highest BCUT2D eigenvalue weighted by Crippen LogP contribution is 2.32. The van der Waals surface area contributed by atoms with E-state index in [9.17, 15) is 14.3 Å². The summed E-state index contributed by atoms with van der Waals surface area (Å²) >= 11 is 0.